The van der Waals surface area contributed by atoms with Gasteiger partial charge in [-0.25, -0.2) is 9.36 Å². The number of rotatable bonds is 21. The molecule has 0 aliphatic heterocycles. The van der Waals surface area contributed by atoms with E-state index >= 15 is 0 Å². The zero-order valence-corrected chi connectivity index (χ0v) is 20.6. The average Bonchev–Trinajstić information content (AvgIpc) is 2.76. The molecule has 0 aliphatic carbocycles. The van der Waals surface area contributed by atoms with Crippen LogP contribution in [0.3, 0.4) is 0 Å². The van der Waals surface area contributed by atoms with Crippen molar-refractivity contribution in [1.82, 2.24) is 5.32 Å². The van der Waals surface area contributed by atoms with Crippen LogP contribution >= 0.6 is 7.82 Å². The molecule has 0 radical (unpaired) electrons. The third-order valence-corrected chi connectivity index (χ3v) is 5.60. The highest BCUT2D eigenvalue weighted by molar-refractivity contribution is 7.47. The van der Waals surface area contributed by atoms with Gasteiger partial charge in [0.2, 0.25) is 5.91 Å². The summed E-state index contributed by atoms with van der Waals surface area (Å²) in [4.78, 5) is 44.3. The molecule has 0 aromatic carbocycles. The predicted molar refractivity (Wildman–Crippen MR) is 120 cm³/mol. The number of phosphoric acid groups is 1. The van der Waals surface area contributed by atoms with Crippen LogP contribution in [0.15, 0.2) is 0 Å². The Kier molecular flexibility index (Phi) is 18.0. The van der Waals surface area contributed by atoms with Crippen LogP contribution in [0, 0.1) is 0 Å². The minimum Gasteiger partial charge on any atom is -0.480 e. The van der Waals surface area contributed by atoms with E-state index in [9.17, 15) is 28.9 Å². The Morgan fingerprint density at radius 1 is 0.848 bits per heavy atom. The zero-order valence-electron chi connectivity index (χ0n) is 19.7. The third-order valence-electron chi connectivity index (χ3n) is 4.65. The van der Waals surface area contributed by atoms with Gasteiger partial charge < -0.3 is 25.2 Å². The molecule has 0 spiro atoms. The van der Waals surface area contributed by atoms with Crippen LogP contribution in [0.5, 0.6) is 0 Å². The molecule has 0 aromatic rings. The maximum atomic E-state index is 11.9. The van der Waals surface area contributed by atoms with Crippen molar-refractivity contribution >= 4 is 25.7 Å². The van der Waals surface area contributed by atoms with E-state index in [1.165, 1.54) is 6.42 Å². The van der Waals surface area contributed by atoms with Gasteiger partial charge in [0, 0.05) is 12.8 Å². The normalized spacial score (nSPS) is 14.8. The van der Waals surface area contributed by atoms with Gasteiger partial charge in [-0.2, -0.15) is 0 Å². The SMILES string of the molecule is CCCCCCCCC(=O)OCC(O)COP(=O)(O)OCC(NC(=O)CCCCC)C(=O)O. The number of unbranched alkanes of at least 4 members (excludes halogenated alkanes) is 7. The number of hydrogen-bond acceptors (Lipinski definition) is 8. The van der Waals surface area contributed by atoms with Crippen molar-refractivity contribution in [2.24, 2.45) is 0 Å². The summed E-state index contributed by atoms with van der Waals surface area (Å²) in [6.07, 6.45) is 7.40. The van der Waals surface area contributed by atoms with Crippen molar-refractivity contribution in [2.45, 2.75) is 96.6 Å². The van der Waals surface area contributed by atoms with Crippen molar-refractivity contribution in [3.8, 4) is 0 Å². The second-order valence-corrected chi connectivity index (χ2v) is 9.28. The van der Waals surface area contributed by atoms with Gasteiger partial charge >= 0.3 is 19.8 Å². The van der Waals surface area contributed by atoms with Crippen LogP contribution in [0.1, 0.15) is 84.5 Å². The number of hydrogen-bond donors (Lipinski definition) is 4. The predicted octanol–water partition coefficient (Wildman–Crippen LogP) is 2.92. The molecule has 194 valence electrons. The lowest BCUT2D eigenvalue weighted by Crippen LogP contribution is -2.43. The number of nitrogens with one attached hydrogen (secondary N) is 1. The van der Waals surface area contributed by atoms with E-state index in [1.54, 1.807) is 0 Å². The topological polar surface area (TPSA) is 169 Å². The van der Waals surface area contributed by atoms with Crippen molar-refractivity contribution in [3.63, 3.8) is 0 Å². The summed E-state index contributed by atoms with van der Waals surface area (Å²) in [5, 5.41) is 21.1. The van der Waals surface area contributed by atoms with Crippen LogP contribution in [0.25, 0.3) is 0 Å². The van der Waals surface area contributed by atoms with Gasteiger partial charge in [-0.15, -0.1) is 0 Å². The number of amides is 1. The second-order valence-electron chi connectivity index (χ2n) is 7.83. The Labute approximate surface area is 195 Å². The number of carbonyl (C=O) groups excluding carboxylic acids is 2. The summed E-state index contributed by atoms with van der Waals surface area (Å²) in [6.45, 7) is 2.20. The second kappa shape index (κ2) is 18.9. The third kappa shape index (κ3) is 18.6. The molecule has 33 heavy (non-hydrogen) atoms. The highest BCUT2D eigenvalue weighted by Gasteiger charge is 2.28. The Bertz CT molecular complexity index is 616. The van der Waals surface area contributed by atoms with E-state index in [0.717, 1.165) is 38.5 Å². The smallest absolute Gasteiger partial charge is 0.472 e. The molecule has 0 fully saturated rings. The Morgan fingerprint density at radius 2 is 1.39 bits per heavy atom. The van der Waals surface area contributed by atoms with E-state index in [2.05, 4.69) is 21.3 Å². The quantitative estimate of drug-likeness (QED) is 0.105. The molecule has 3 unspecified atom stereocenters. The van der Waals surface area contributed by atoms with Gasteiger partial charge in [0.15, 0.2) is 6.04 Å². The summed E-state index contributed by atoms with van der Waals surface area (Å²) in [5.74, 6) is -2.42. The van der Waals surface area contributed by atoms with Gasteiger partial charge in [0.1, 0.15) is 12.7 Å². The molecule has 0 aromatic heterocycles. The molecule has 1 amide bonds. The van der Waals surface area contributed by atoms with Crippen LogP contribution in [-0.4, -0.2) is 64.9 Å². The number of aliphatic carboxylic acids is 1. The molecule has 0 heterocycles. The van der Waals surface area contributed by atoms with Gasteiger partial charge in [-0.3, -0.25) is 18.6 Å². The molecule has 4 N–H and O–H groups in total. The van der Waals surface area contributed by atoms with Crippen LogP contribution in [0.2, 0.25) is 0 Å². The van der Waals surface area contributed by atoms with Gasteiger partial charge in [-0.1, -0.05) is 58.8 Å². The van der Waals surface area contributed by atoms with Crippen LogP contribution < -0.4 is 5.32 Å². The molecule has 0 aliphatic rings. The fraction of sp³-hybridized carbons (Fsp3) is 0.857. The summed E-state index contributed by atoms with van der Waals surface area (Å²) in [6, 6.07) is -1.53. The highest BCUT2D eigenvalue weighted by Crippen LogP contribution is 2.43. The summed E-state index contributed by atoms with van der Waals surface area (Å²) in [7, 11) is -4.70. The maximum absolute atomic E-state index is 11.9. The minimum absolute atomic E-state index is 0.134. The Hall–Kier alpha value is -1.52. The number of carboxylic acids is 1. The lowest BCUT2D eigenvalue weighted by atomic mass is 10.1. The number of carboxylic acid groups (broad SMARTS) is 1. The zero-order chi connectivity index (χ0) is 25.1. The summed E-state index contributed by atoms with van der Waals surface area (Å²) in [5.41, 5.74) is 0. The number of carbonyl (C=O) groups is 3. The average molecular weight is 498 g/mol. The Balaban J connectivity index is 4.17. The Morgan fingerprint density at radius 3 is 2.03 bits per heavy atom. The minimum atomic E-state index is -4.70. The van der Waals surface area contributed by atoms with Gasteiger partial charge in [-0.05, 0) is 12.8 Å². The summed E-state index contributed by atoms with van der Waals surface area (Å²) < 4.78 is 26.1. The molecule has 12 heteroatoms. The van der Waals surface area contributed by atoms with Crippen molar-refractivity contribution in [2.75, 3.05) is 19.8 Å². The number of esters is 1. The van der Waals surface area contributed by atoms with E-state index in [-0.39, 0.29) is 12.8 Å². The molecule has 0 rings (SSSR count). The standard InChI is InChI=1S/C21H40NO10P/c1-3-5-7-8-9-11-13-20(25)30-14-17(23)15-31-33(28,29)32-16-18(21(26)27)22-19(24)12-10-6-4-2/h17-18,23H,3-16H2,1-2H3,(H,22,24)(H,26,27)(H,28,29). The molecule has 0 bridgehead atoms. The largest absolute Gasteiger partial charge is 0.480 e. The maximum Gasteiger partial charge on any atom is 0.472 e. The van der Waals surface area contributed by atoms with Gasteiger partial charge in [0.25, 0.3) is 0 Å². The van der Waals surface area contributed by atoms with Crippen molar-refractivity contribution in [3.05, 3.63) is 0 Å². The van der Waals surface area contributed by atoms with Crippen LogP contribution in [-0.2, 0) is 32.7 Å². The monoisotopic (exact) mass is 497 g/mol. The fourth-order valence-electron chi connectivity index (χ4n) is 2.72. The van der Waals surface area contributed by atoms with Crippen LogP contribution in [0.4, 0.5) is 0 Å². The number of phosphoric ester groups is 1. The van der Waals surface area contributed by atoms with E-state index in [0.29, 0.717) is 12.8 Å². The lowest BCUT2D eigenvalue weighted by Gasteiger charge is -2.18. The first kappa shape index (κ1) is 31.5. The fourth-order valence-corrected chi connectivity index (χ4v) is 3.49. The van der Waals surface area contributed by atoms with Gasteiger partial charge in [0.05, 0.1) is 13.2 Å². The van der Waals surface area contributed by atoms with Crippen molar-refractivity contribution in [1.29, 1.82) is 0 Å². The first-order valence-electron chi connectivity index (χ1n) is 11.6. The van der Waals surface area contributed by atoms with E-state index in [4.69, 9.17) is 9.84 Å². The number of aliphatic hydroxyl groups excluding tert-OH is 1. The molecule has 0 saturated carbocycles. The molecular formula is C21H40NO10P. The van der Waals surface area contributed by atoms with E-state index < -0.39 is 57.6 Å². The summed E-state index contributed by atoms with van der Waals surface area (Å²) >= 11 is 0. The molecule has 0 saturated heterocycles. The van der Waals surface area contributed by atoms with Crippen molar-refractivity contribution < 1.29 is 47.8 Å². The first-order valence-corrected chi connectivity index (χ1v) is 13.1. The van der Waals surface area contributed by atoms with E-state index in [1.807, 2.05) is 6.92 Å². The lowest BCUT2D eigenvalue weighted by molar-refractivity contribution is -0.147. The number of aliphatic hydroxyl groups is 1. The molecule has 11 nitrogen and oxygen atoms in total. The highest BCUT2D eigenvalue weighted by atomic mass is 31.2. The molecule has 3 atom stereocenters. The first-order chi connectivity index (χ1) is 15.6. The number of ether oxygens (including phenoxy) is 1. The molecular weight excluding hydrogens is 457 g/mol.